The number of rotatable bonds is 4. The maximum absolute atomic E-state index is 12.9. The molecule has 30 heavy (non-hydrogen) atoms. The van der Waals surface area contributed by atoms with Gasteiger partial charge in [0.05, 0.1) is 23.0 Å². The van der Waals surface area contributed by atoms with E-state index in [1.54, 1.807) is 24.3 Å². The number of benzene rings is 1. The third kappa shape index (κ3) is 2.18. The molecule has 1 aromatic heterocycles. The molecule has 3 aliphatic carbocycles. The molecule has 8 heteroatoms. The number of nitro groups is 1. The van der Waals surface area contributed by atoms with Crippen molar-refractivity contribution in [2.75, 3.05) is 0 Å². The molecule has 0 radical (unpaired) electrons. The lowest BCUT2D eigenvalue weighted by molar-refractivity contribution is -0.384. The fraction of sp³-hybridized carbons (Fsp3) is 0.318. The van der Waals surface area contributed by atoms with Gasteiger partial charge in [0.25, 0.3) is 17.5 Å². The minimum Gasteiger partial charge on any atom is -0.455 e. The first-order valence-electron chi connectivity index (χ1n) is 9.94. The van der Waals surface area contributed by atoms with Gasteiger partial charge < -0.3 is 4.42 Å². The highest BCUT2D eigenvalue weighted by molar-refractivity contribution is 6.07. The molecule has 2 aromatic rings. The highest BCUT2D eigenvalue weighted by Gasteiger charge is 2.73. The number of hydrazone groups is 1. The van der Waals surface area contributed by atoms with Crippen LogP contribution >= 0.6 is 0 Å². The molecule has 2 amide bonds. The SMILES string of the molecule is O=C1[C@H]2[C@H](C(=O)N1/N=C\c1ccc(-c3cccc([N+](=O)[O-])c3)o1)[C@H]1C=C[C@H]2C12CC2. The summed E-state index contributed by atoms with van der Waals surface area (Å²) in [6.45, 7) is 0. The van der Waals surface area contributed by atoms with E-state index in [1.165, 1.54) is 18.3 Å². The molecule has 1 aromatic carbocycles. The Kier molecular flexibility index (Phi) is 3.32. The number of hydrogen-bond donors (Lipinski definition) is 0. The van der Waals surface area contributed by atoms with Crippen LogP contribution in [-0.4, -0.2) is 28.0 Å². The highest BCUT2D eigenvalue weighted by atomic mass is 16.6. The summed E-state index contributed by atoms with van der Waals surface area (Å²) < 4.78 is 5.69. The molecule has 1 spiro atoms. The number of amides is 2. The van der Waals surface area contributed by atoms with Crippen molar-refractivity contribution in [1.82, 2.24) is 5.01 Å². The standard InChI is InChI=1S/C22H17N3O5/c26-20-18-15-5-6-16(22(15)8-9-22)19(18)21(27)24(20)23-11-14-4-7-17(30-14)12-2-1-3-13(10-12)25(28)29/h1-7,10-11,15-16,18-19H,8-9H2/b23-11-/t15-,16-,18-,19-/m1/s1. The van der Waals surface area contributed by atoms with Crippen LogP contribution in [0.15, 0.2) is 58.1 Å². The maximum atomic E-state index is 12.9. The van der Waals surface area contributed by atoms with E-state index in [2.05, 4.69) is 17.3 Å². The van der Waals surface area contributed by atoms with Crippen molar-refractivity contribution in [3.05, 3.63) is 64.4 Å². The Labute approximate surface area is 171 Å². The van der Waals surface area contributed by atoms with Crippen molar-refractivity contribution in [2.45, 2.75) is 12.8 Å². The van der Waals surface area contributed by atoms with Gasteiger partial charge >= 0.3 is 0 Å². The fourth-order valence-electron chi connectivity index (χ4n) is 5.64. The van der Waals surface area contributed by atoms with Gasteiger partial charge in [0.2, 0.25) is 0 Å². The van der Waals surface area contributed by atoms with Crippen LogP contribution in [0, 0.1) is 39.2 Å². The molecule has 0 unspecified atom stereocenters. The van der Waals surface area contributed by atoms with Crippen LogP contribution in [0.1, 0.15) is 18.6 Å². The third-order valence-electron chi connectivity index (χ3n) is 7.10. The van der Waals surface area contributed by atoms with E-state index >= 15 is 0 Å². The van der Waals surface area contributed by atoms with E-state index in [-0.39, 0.29) is 46.6 Å². The minimum absolute atomic E-state index is 0.0319. The van der Waals surface area contributed by atoms with E-state index in [0.29, 0.717) is 17.1 Å². The molecule has 1 saturated heterocycles. The summed E-state index contributed by atoms with van der Waals surface area (Å²) in [5.41, 5.74) is 0.685. The van der Waals surface area contributed by atoms with Gasteiger partial charge in [0.1, 0.15) is 11.5 Å². The lowest BCUT2D eigenvalue weighted by Gasteiger charge is -2.18. The van der Waals surface area contributed by atoms with Gasteiger partial charge in [-0.3, -0.25) is 19.7 Å². The number of carbonyl (C=O) groups is 2. The number of nitro benzene ring substituents is 1. The second-order valence-corrected chi connectivity index (χ2v) is 8.46. The Morgan fingerprint density at radius 2 is 1.80 bits per heavy atom. The molecule has 0 N–H and O–H groups in total. The Hall–Kier alpha value is -3.55. The molecule has 2 bridgehead atoms. The summed E-state index contributed by atoms with van der Waals surface area (Å²) in [5, 5.41) is 16.1. The van der Waals surface area contributed by atoms with Crippen LogP contribution in [-0.2, 0) is 9.59 Å². The summed E-state index contributed by atoms with van der Waals surface area (Å²) in [5.74, 6) is 0.0856. The molecule has 1 aliphatic heterocycles. The normalized spacial score (nSPS) is 30.1. The second kappa shape index (κ2) is 5.75. The number of non-ortho nitro benzene ring substituents is 1. The predicted molar refractivity (Wildman–Crippen MR) is 105 cm³/mol. The van der Waals surface area contributed by atoms with Gasteiger partial charge in [-0.2, -0.15) is 10.1 Å². The summed E-state index contributed by atoms with van der Waals surface area (Å²) >= 11 is 0. The zero-order chi connectivity index (χ0) is 20.6. The van der Waals surface area contributed by atoms with Crippen molar-refractivity contribution in [1.29, 1.82) is 0 Å². The Morgan fingerprint density at radius 1 is 1.10 bits per heavy atom. The molecule has 6 rings (SSSR count). The third-order valence-corrected chi connectivity index (χ3v) is 7.10. The molecule has 2 heterocycles. The van der Waals surface area contributed by atoms with Gasteiger partial charge in [0.15, 0.2) is 0 Å². The summed E-state index contributed by atoms with van der Waals surface area (Å²) in [4.78, 5) is 36.3. The molecule has 4 atom stereocenters. The van der Waals surface area contributed by atoms with Gasteiger partial charge in [0, 0.05) is 17.7 Å². The molecular formula is C22H17N3O5. The Morgan fingerprint density at radius 3 is 2.43 bits per heavy atom. The first kappa shape index (κ1) is 17.3. The maximum Gasteiger partial charge on any atom is 0.270 e. The lowest BCUT2D eigenvalue weighted by Crippen LogP contribution is -2.30. The molecule has 150 valence electrons. The minimum atomic E-state index is -0.468. The van der Waals surface area contributed by atoms with Gasteiger partial charge in [-0.25, -0.2) is 0 Å². The zero-order valence-electron chi connectivity index (χ0n) is 15.8. The largest absolute Gasteiger partial charge is 0.455 e. The number of hydrogen-bond acceptors (Lipinski definition) is 6. The van der Waals surface area contributed by atoms with Gasteiger partial charge in [-0.15, -0.1) is 0 Å². The quantitative estimate of drug-likeness (QED) is 0.256. The Balaban J connectivity index is 1.23. The molecule has 3 fully saturated rings. The molecular weight excluding hydrogens is 386 g/mol. The Bertz CT molecular complexity index is 1140. The molecule has 8 nitrogen and oxygen atoms in total. The van der Waals surface area contributed by atoms with Crippen LogP contribution in [0.2, 0.25) is 0 Å². The van der Waals surface area contributed by atoms with Crippen molar-refractivity contribution in [3.8, 4) is 11.3 Å². The van der Waals surface area contributed by atoms with Crippen molar-refractivity contribution in [2.24, 2.45) is 34.2 Å². The van der Waals surface area contributed by atoms with E-state index in [4.69, 9.17) is 4.42 Å². The van der Waals surface area contributed by atoms with Crippen LogP contribution in [0.25, 0.3) is 11.3 Å². The number of carbonyl (C=O) groups excluding carboxylic acids is 2. The van der Waals surface area contributed by atoms with Crippen LogP contribution in [0.4, 0.5) is 5.69 Å². The lowest BCUT2D eigenvalue weighted by atomic mass is 9.85. The van der Waals surface area contributed by atoms with Crippen LogP contribution in [0.3, 0.4) is 0 Å². The van der Waals surface area contributed by atoms with Crippen LogP contribution in [0.5, 0.6) is 0 Å². The zero-order valence-corrected chi connectivity index (χ0v) is 15.8. The summed E-state index contributed by atoms with van der Waals surface area (Å²) in [7, 11) is 0. The van der Waals surface area contributed by atoms with E-state index < -0.39 is 4.92 Å². The van der Waals surface area contributed by atoms with E-state index in [1.807, 2.05) is 0 Å². The van der Waals surface area contributed by atoms with Gasteiger partial charge in [-0.1, -0.05) is 24.3 Å². The average molecular weight is 403 g/mol. The van der Waals surface area contributed by atoms with Crippen molar-refractivity contribution < 1.29 is 18.9 Å². The number of furan rings is 1. The smallest absolute Gasteiger partial charge is 0.270 e. The molecule has 4 aliphatic rings. The number of nitrogens with zero attached hydrogens (tertiary/aromatic N) is 3. The van der Waals surface area contributed by atoms with Crippen molar-refractivity contribution >= 4 is 23.7 Å². The topological polar surface area (TPSA) is 106 Å². The first-order valence-corrected chi connectivity index (χ1v) is 9.94. The summed E-state index contributed by atoms with van der Waals surface area (Å²) in [6, 6.07) is 9.43. The number of imide groups is 1. The number of allylic oxidation sites excluding steroid dienone is 2. The second-order valence-electron chi connectivity index (χ2n) is 8.46. The summed E-state index contributed by atoms with van der Waals surface area (Å²) in [6.07, 6.45) is 7.78. The van der Waals surface area contributed by atoms with E-state index in [0.717, 1.165) is 17.9 Å². The number of fused-ring (bicyclic) bond motifs is 3. The monoisotopic (exact) mass is 403 g/mol. The van der Waals surface area contributed by atoms with E-state index in [9.17, 15) is 19.7 Å². The van der Waals surface area contributed by atoms with Crippen LogP contribution < -0.4 is 0 Å². The molecule has 2 saturated carbocycles. The highest BCUT2D eigenvalue weighted by Crippen LogP contribution is 2.73. The predicted octanol–water partition coefficient (Wildman–Crippen LogP) is 3.39. The first-order chi connectivity index (χ1) is 14.5. The van der Waals surface area contributed by atoms with Crippen molar-refractivity contribution in [3.63, 3.8) is 0 Å². The van der Waals surface area contributed by atoms with Gasteiger partial charge in [-0.05, 0) is 42.2 Å². The average Bonchev–Trinajstić information content (AvgIpc) is 3.03. The fourth-order valence-corrected chi connectivity index (χ4v) is 5.64.